The molecule has 4 aromatic rings. The average molecular weight is 405 g/mol. The minimum atomic E-state index is -0.104. The molecule has 7 nitrogen and oxygen atoms in total. The molecule has 0 aliphatic carbocycles. The number of carbonyl (C=O) groups is 1. The van der Waals surface area contributed by atoms with Gasteiger partial charge in [0.05, 0.1) is 12.4 Å². The molecule has 0 bridgehead atoms. The minimum absolute atomic E-state index is 0.104. The maximum absolute atomic E-state index is 12.3. The van der Waals surface area contributed by atoms with Gasteiger partial charge in [-0.15, -0.1) is 10.2 Å². The van der Waals surface area contributed by atoms with Gasteiger partial charge in [0.25, 0.3) is 0 Å². The average Bonchev–Trinajstić information content (AvgIpc) is 3.18. The molecule has 0 fully saturated rings. The Labute approximate surface area is 172 Å². The van der Waals surface area contributed by atoms with Crippen molar-refractivity contribution in [2.24, 2.45) is 0 Å². The molecule has 0 unspecified atom stereocenters. The first-order valence-corrected chi connectivity index (χ1v) is 10.1. The summed E-state index contributed by atoms with van der Waals surface area (Å²) in [6.45, 7) is 2.54. The summed E-state index contributed by atoms with van der Waals surface area (Å²) in [5.41, 5.74) is 2.32. The number of fused-ring (bicyclic) bond motifs is 1. The number of benzene rings is 2. The van der Waals surface area contributed by atoms with E-state index in [1.807, 2.05) is 73.7 Å². The highest BCUT2D eigenvalue weighted by molar-refractivity contribution is 7.99. The Hall–Kier alpha value is -3.39. The number of carbonyl (C=O) groups excluding carboxylic acids is 1. The Morgan fingerprint density at radius 3 is 2.59 bits per heavy atom. The van der Waals surface area contributed by atoms with Crippen molar-refractivity contribution in [1.29, 1.82) is 0 Å². The van der Waals surface area contributed by atoms with Crippen LogP contribution in [0.15, 0.2) is 71.8 Å². The molecule has 1 amide bonds. The molecule has 0 aliphatic heterocycles. The first kappa shape index (κ1) is 18.9. The van der Waals surface area contributed by atoms with Crippen LogP contribution in [0.2, 0.25) is 0 Å². The first-order valence-electron chi connectivity index (χ1n) is 9.16. The second kappa shape index (κ2) is 8.74. The molecule has 8 heteroatoms. The van der Waals surface area contributed by atoms with Gasteiger partial charge in [-0.25, -0.2) is 0 Å². The molecule has 1 N–H and O–H groups in total. The number of thioether (sulfide) groups is 1. The Bertz CT molecular complexity index is 1110. The van der Waals surface area contributed by atoms with Gasteiger partial charge in [-0.3, -0.25) is 4.79 Å². The molecule has 4 rings (SSSR count). The van der Waals surface area contributed by atoms with Crippen molar-refractivity contribution in [2.45, 2.75) is 11.9 Å². The first-order chi connectivity index (χ1) is 14.2. The van der Waals surface area contributed by atoms with Crippen LogP contribution in [0, 0.1) is 0 Å². The van der Waals surface area contributed by atoms with Crippen LogP contribution >= 0.6 is 11.8 Å². The highest BCUT2D eigenvalue weighted by Gasteiger charge is 2.11. The maximum Gasteiger partial charge on any atom is 0.234 e. The lowest BCUT2D eigenvalue weighted by Crippen LogP contribution is -2.14. The quantitative estimate of drug-likeness (QED) is 0.469. The van der Waals surface area contributed by atoms with Gasteiger partial charge in [0.15, 0.2) is 11.5 Å². The Morgan fingerprint density at radius 2 is 1.83 bits per heavy atom. The Balaban J connectivity index is 1.42. The lowest BCUT2D eigenvalue weighted by atomic mass is 10.2. The molecule has 2 aromatic heterocycles. The summed E-state index contributed by atoms with van der Waals surface area (Å²) in [7, 11) is 0. The predicted octanol–water partition coefficient (Wildman–Crippen LogP) is 3.92. The Morgan fingerprint density at radius 1 is 1.03 bits per heavy atom. The summed E-state index contributed by atoms with van der Waals surface area (Å²) in [6.07, 6.45) is 0. The van der Waals surface area contributed by atoms with Crippen molar-refractivity contribution in [3.63, 3.8) is 0 Å². The van der Waals surface area contributed by atoms with Gasteiger partial charge in [0.1, 0.15) is 10.8 Å². The van der Waals surface area contributed by atoms with E-state index in [-0.39, 0.29) is 11.7 Å². The van der Waals surface area contributed by atoms with E-state index in [9.17, 15) is 4.79 Å². The molecule has 146 valence electrons. The number of nitrogens with zero attached hydrogens (tertiary/aromatic N) is 4. The lowest BCUT2D eigenvalue weighted by molar-refractivity contribution is -0.113. The van der Waals surface area contributed by atoms with Crippen LogP contribution < -0.4 is 10.1 Å². The van der Waals surface area contributed by atoms with Crippen LogP contribution in [-0.4, -0.2) is 38.1 Å². The Kier molecular flexibility index (Phi) is 5.71. The van der Waals surface area contributed by atoms with Gasteiger partial charge < -0.3 is 10.1 Å². The summed E-state index contributed by atoms with van der Waals surface area (Å²) in [6, 6.07) is 20.8. The van der Waals surface area contributed by atoms with Crippen molar-refractivity contribution in [3.8, 4) is 17.1 Å². The third-order valence-corrected chi connectivity index (χ3v) is 4.99. The molecule has 0 radical (unpaired) electrons. The van der Waals surface area contributed by atoms with Crippen LogP contribution in [-0.2, 0) is 4.79 Å². The number of ether oxygens (including phenoxy) is 1. The zero-order valence-corrected chi connectivity index (χ0v) is 16.6. The van der Waals surface area contributed by atoms with Crippen LogP contribution in [0.3, 0.4) is 0 Å². The summed E-state index contributed by atoms with van der Waals surface area (Å²) < 4.78 is 7.10. The highest BCUT2D eigenvalue weighted by Crippen LogP contribution is 2.21. The summed E-state index contributed by atoms with van der Waals surface area (Å²) >= 11 is 1.36. The van der Waals surface area contributed by atoms with E-state index in [0.29, 0.717) is 18.1 Å². The number of nitrogens with one attached hydrogen (secondary N) is 1. The van der Waals surface area contributed by atoms with E-state index in [4.69, 9.17) is 4.74 Å². The maximum atomic E-state index is 12.3. The van der Waals surface area contributed by atoms with Crippen LogP contribution in [0.1, 0.15) is 6.92 Å². The normalized spacial score (nSPS) is 10.8. The van der Waals surface area contributed by atoms with E-state index in [1.54, 1.807) is 4.52 Å². The van der Waals surface area contributed by atoms with Crippen LogP contribution in [0.25, 0.3) is 17.0 Å². The smallest absolute Gasteiger partial charge is 0.234 e. The second-order valence-corrected chi connectivity index (χ2v) is 7.12. The zero-order valence-electron chi connectivity index (χ0n) is 15.8. The van der Waals surface area contributed by atoms with Gasteiger partial charge >= 0.3 is 0 Å². The number of hydrogen-bond donors (Lipinski definition) is 1. The summed E-state index contributed by atoms with van der Waals surface area (Å²) in [5, 5.41) is 16.6. The van der Waals surface area contributed by atoms with Crippen molar-refractivity contribution in [1.82, 2.24) is 19.8 Å². The van der Waals surface area contributed by atoms with Crippen molar-refractivity contribution >= 4 is 29.0 Å². The van der Waals surface area contributed by atoms with Crippen LogP contribution in [0.4, 0.5) is 5.69 Å². The number of amides is 1. The fourth-order valence-corrected chi connectivity index (χ4v) is 3.41. The topological polar surface area (TPSA) is 81.4 Å². The molecule has 0 atom stereocenters. The summed E-state index contributed by atoms with van der Waals surface area (Å²) in [5.74, 6) is 1.59. The third kappa shape index (κ3) is 4.55. The monoisotopic (exact) mass is 405 g/mol. The standard InChI is InChI=1S/C21H19N5O2S/c1-2-28-17-10-8-16(9-11-17)22-19(27)14-29-20-13-12-18-23-24-21(26(18)25-20)15-6-4-3-5-7-15/h3-13H,2,14H2,1H3,(H,22,27). The molecule has 0 spiro atoms. The van der Waals surface area contributed by atoms with E-state index < -0.39 is 0 Å². The highest BCUT2D eigenvalue weighted by atomic mass is 32.2. The van der Waals surface area contributed by atoms with Gasteiger partial charge in [-0.2, -0.15) is 9.61 Å². The molecule has 0 aliphatic rings. The van der Waals surface area contributed by atoms with E-state index in [1.165, 1.54) is 11.8 Å². The zero-order chi connectivity index (χ0) is 20.1. The third-order valence-electron chi connectivity index (χ3n) is 4.07. The molecule has 0 saturated carbocycles. The number of rotatable bonds is 7. The number of aromatic nitrogens is 4. The van der Waals surface area contributed by atoms with Crippen molar-refractivity contribution in [3.05, 3.63) is 66.7 Å². The molecular weight excluding hydrogens is 386 g/mol. The van der Waals surface area contributed by atoms with Gasteiger partial charge in [0.2, 0.25) is 5.91 Å². The van der Waals surface area contributed by atoms with Crippen molar-refractivity contribution in [2.75, 3.05) is 17.7 Å². The van der Waals surface area contributed by atoms with E-state index >= 15 is 0 Å². The SMILES string of the molecule is CCOc1ccc(NC(=O)CSc2ccc3nnc(-c4ccccc4)n3n2)cc1. The lowest BCUT2D eigenvalue weighted by Gasteiger charge is -2.07. The van der Waals surface area contributed by atoms with Gasteiger partial charge in [-0.05, 0) is 43.3 Å². The van der Waals surface area contributed by atoms with Gasteiger partial charge in [0, 0.05) is 11.3 Å². The summed E-state index contributed by atoms with van der Waals surface area (Å²) in [4.78, 5) is 12.3. The van der Waals surface area contributed by atoms with Crippen LogP contribution in [0.5, 0.6) is 5.75 Å². The molecular formula is C21H19N5O2S. The molecule has 2 heterocycles. The fourth-order valence-electron chi connectivity index (χ4n) is 2.75. The van der Waals surface area contributed by atoms with Gasteiger partial charge in [-0.1, -0.05) is 42.1 Å². The fraction of sp³-hybridized carbons (Fsp3) is 0.143. The predicted molar refractivity (Wildman–Crippen MR) is 113 cm³/mol. The van der Waals surface area contributed by atoms with E-state index in [0.717, 1.165) is 22.0 Å². The number of anilines is 1. The molecule has 0 saturated heterocycles. The minimum Gasteiger partial charge on any atom is -0.494 e. The largest absolute Gasteiger partial charge is 0.494 e. The van der Waals surface area contributed by atoms with Crippen molar-refractivity contribution < 1.29 is 9.53 Å². The molecule has 2 aromatic carbocycles. The molecule has 29 heavy (non-hydrogen) atoms. The second-order valence-electron chi connectivity index (χ2n) is 6.13. The van der Waals surface area contributed by atoms with E-state index in [2.05, 4.69) is 20.6 Å². The number of hydrogen-bond acceptors (Lipinski definition) is 6.